The van der Waals surface area contributed by atoms with E-state index in [-0.39, 0.29) is 11.9 Å². The Hall–Kier alpha value is -1.19. The van der Waals surface area contributed by atoms with Crippen LogP contribution < -0.4 is 5.32 Å². The SMILES string of the molecule is CNC(c1ccc(C)s1)c1cc(F)ccc1C. The predicted molar refractivity (Wildman–Crippen MR) is 71.1 cm³/mol. The van der Waals surface area contributed by atoms with E-state index in [0.29, 0.717) is 0 Å². The first-order valence-corrected chi connectivity index (χ1v) is 6.43. The van der Waals surface area contributed by atoms with Crippen LogP contribution in [0.3, 0.4) is 0 Å². The van der Waals surface area contributed by atoms with E-state index in [1.54, 1.807) is 17.4 Å². The zero-order chi connectivity index (χ0) is 12.4. The summed E-state index contributed by atoms with van der Waals surface area (Å²) in [7, 11) is 1.91. The molecule has 0 spiro atoms. The van der Waals surface area contributed by atoms with Gasteiger partial charge in [0.15, 0.2) is 0 Å². The summed E-state index contributed by atoms with van der Waals surface area (Å²) in [6.45, 7) is 4.10. The Morgan fingerprint density at radius 1 is 1.18 bits per heavy atom. The van der Waals surface area contributed by atoms with Crippen LogP contribution in [0.1, 0.15) is 26.9 Å². The third-order valence-corrected chi connectivity index (χ3v) is 3.95. The van der Waals surface area contributed by atoms with Crippen LogP contribution in [-0.2, 0) is 0 Å². The van der Waals surface area contributed by atoms with E-state index in [0.717, 1.165) is 11.1 Å². The second-order valence-corrected chi connectivity index (χ2v) is 5.49. The molecule has 1 aromatic carbocycles. The molecule has 90 valence electrons. The monoisotopic (exact) mass is 249 g/mol. The van der Waals surface area contributed by atoms with Crippen molar-refractivity contribution in [2.75, 3.05) is 7.05 Å². The van der Waals surface area contributed by atoms with Crippen LogP contribution in [0.25, 0.3) is 0 Å². The first-order chi connectivity index (χ1) is 8.11. The van der Waals surface area contributed by atoms with E-state index in [1.807, 2.05) is 20.0 Å². The maximum atomic E-state index is 13.3. The quantitative estimate of drug-likeness (QED) is 0.872. The number of rotatable bonds is 3. The molecule has 0 fully saturated rings. The minimum Gasteiger partial charge on any atom is -0.309 e. The van der Waals surface area contributed by atoms with Crippen LogP contribution in [-0.4, -0.2) is 7.05 Å². The Bertz CT molecular complexity index is 519. The molecule has 1 heterocycles. The number of hydrogen-bond acceptors (Lipinski definition) is 2. The molecule has 3 heteroatoms. The van der Waals surface area contributed by atoms with Gasteiger partial charge in [-0.3, -0.25) is 0 Å². The van der Waals surface area contributed by atoms with Crippen LogP contribution >= 0.6 is 11.3 Å². The minimum absolute atomic E-state index is 0.0735. The fraction of sp³-hybridized carbons (Fsp3) is 0.286. The number of thiophene rings is 1. The van der Waals surface area contributed by atoms with Crippen molar-refractivity contribution in [3.8, 4) is 0 Å². The van der Waals surface area contributed by atoms with Crippen LogP contribution in [0.2, 0.25) is 0 Å². The number of halogens is 1. The van der Waals surface area contributed by atoms with E-state index >= 15 is 0 Å². The maximum absolute atomic E-state index is 13.3. The summed E-state index contributed by atoms with van der Waals surface area (Å²) in [5.74, 6) is -0.181. The summed E-state index contributed by atoms with van der Waals surface area (Å²) in [5.41, 5.74) is 2.12. The summed E-state index contributed by atoms with van der Waals surface area (Å²) >= 11 is 1.74. The molecule has 0 bridgehead atoms. The zero-order valence-electron chi connectivity index (χ0n) is 10.3. The van der Waals surface area contributed by atoms with Gasteiger partial charge in [-0.1, -0.05) is 6.07 Å². The Morgan fingerprint density at radius 2 is 1.94 bits per heavy atom. The molecule has 2 aromatic rings. The highest BCUT2D eigenvalue weighted by molar-refractivity contribution is 7.12. The summed E-state index contributed by atoms with van der Waals surface area (Å²) < 4.78 is 13.3. The number of hydrogen-bond donors (Lipinski definition) is 1. The van der Waals surface area contributed by atoms with Crippen molar-refractivity contribution in [3.63, 3.8) is 0 Å². The maximum Gasteiger partial charge on any atom is 0.123 e. The van der Waals surface area contributed by atoms with Crippen LogP contribution in [0.5, 0.6) is 0 Å². The molecule has 1 N–H and O–H groups in total. The molecule has 17 heavy (non-hydrogen) atoms. The first kappa shape index (κ1) is 12.3. The van der Waals surface area contributed by atoms with Crippen molar-refractivity contribution in [1.82, 2.24) is 5.32 Å². The van der Waals surface area contributed by atoms with Crippen molar-refractivity contribution >= 4 is 11.3 Å². The third kappa shape index (κ3) is 2.56. The Morgan fingerprint density at radius 3 is 2.53 bits per heavy atom. The largest absolute Gasteiger partial charge is 0.309 e. The van der Waals surface area contributed by atoms with Gasteiger partial charge in [0.05, 0.1) is 6.04 Å². The van der Waals surface area contributed by atoms with E-state index in [4.69, 9.17) is 0 Å². The highest BCUT2D eigenvalue weighted by atomic mass is 32.1. The number of nitrogens with one attached hydrogen (secondary N) is 1. The van der Waals surface area contributed by atoms with Gasteiger partial charge in [0.1, 0.15) is 5.82 Å². The Labute approximate surface area is 105 Å². The zero-order valence-corrected chi connectivity index (χ0v) is 11.1. The predicted octanol–water partition coefficient (Wildman–Crippen LogP) is 3.81. The lowest BCUT2D eigenvalue weighted by atomic mass is 10.00. The minimum atomic E-state index is -0.181. The van der Waals surface area contributed by atoms with Crippen molar-refractivity contribution in [3.05, 3.63) is 57.0 Å². The van der Waals surface area contributed by atoms with Gasteiger partial charge in [-0.05, 0) is 56.3 Å². The molecule has 0 aliphatic carbocycles. The molecule has 1 nitrogen and oxygen atoms in total. The average molecular weight is 249 g/mol. The summed E-state index contributed by atoms with van der Waals surface area (Å²) in [6, 6.07) is 9.22. The molecule has 2 rings (SSSR count). The molecule has 1 unspecified atom stereocenters. The van der Waals surface area contributed by atoms with E-state index in [1.165, 1.54) is 15.8 Å². The average Bonchev–Trinajstić information content (AvgIpc) is 2.71. The lowest BCUT2D eigenvalue weighted by Crippen LogP contribution is -2.17. The fourth-order valence-corrected chi connectivity index (χ4v) is 2.99. The van der Waals surface area contributed by atoms with Gasteiger partial charge in [0.2, 0.25) is 0 Å². The third-order valence-electron chi connectivity index (χ3n) is 2.89. The van der Waals surface area contributed by atoms with Gasteiger partial charge in [-0.2, -0.15) is 0 Å². The summed E-state index contributed by atoms with van der Waals surface area (Å²) in [5, 5.41) is 3.26. The van der Waals surface area contributed by atoms with E-state index < -0.39 is 0 Å². The van der Waals surface area contributed by atoms with Gasteiger partial charge >= 0.3 is 0 Å². The van der Waals surface area contributed by atoms with Gasteiger partial charge < -0.3 is 5.32 Å². The molecule has 0 aliphatic heterocycles. The molecule has 1 aromatic heterocycles. The number of benzene rings is 1. The van der Waals surface area contributed by atoms with Gasteiger partial charge in [-0.25, -0.2) is 4.39 Å². The first-order valence-electron chi connectivity index (χ1n) is 5.61. The fourth-order valence-electron chi connectivity index (χ4n) is 1.98. The van der Waals surface area contributed by atoms with Gasteiger partial charge in [0, 0.05) is 9.75 Å². The highest BCUT2D eigenvalue weighted by Gasteiger charge is 2.16. The van der Waals surface area contributed by atoms with Gasteiger partial charge in [-0.15, -0.1) is 11.3 Å². The van der Waals surface area contributed by atoms with E-state index in [2.05, 4.69) is 24.4 Å². The Balaban J connectivity index is 2.45. The highest BCUT2D eigenvalue weighted by Crippen LogP contribution is 2.30. The Kier molecular flexibility index (Phi) is 3.60. The molecule has 0 aliphatic rings. The second kappa shape index (κ2) is 4.98. The van der Waals surface area contributed by atoms with Crippen molar-refractivity contribution in [2.45, 2.75) is 19.9 Å². The smallest absolute Gasteiger partial charge is 0.123 e. The lowest BCUT2D eigenvalue weighted by molar-refractivity contribution is 0.616. The van der Waals surface area contributed by atoms with Crippen LogP contribution in [0, 0.1) is 19.7 Å². The van der Waals surface area contributed by atoms with E-state index in [9.17, 15) is 4.39 Å². The second-order valence-electron chi connectivity index (χ2n) is 4.17. The van der Waals surface area contributed by atoms with Gasteiger partial charge in [0.25, 0.3) is 0 Å². The molecular formula is C14H16FNS. The number of aryl methyl sites for hydroxylation is 2. The van der Waals surface area contributed by atoms with Crippen molar-refractivity contribution in [1.29, 1.82) is 0 Å². The molecule has 0 amide bonds. The topological polar surface area (TPSA) is 12.0 Å². The van der Waals surface area contributed by atoms with Crippen molar-refractivity contribution in [2.24, 2.45) is 0 Å². The summed E-state index contributed by atoms with van der Waals surface area (Å²) in [4.78, 5) is 2.49. The lowest BCUT2D eigenvalue weighted by Gasteiger charge is -2.17. The standard InChI is InChI=1S/C14H16FNS/c1-9-4-6-11(15)8-12(9)14(16-3)13-7-5-10(2)17-13/h4-8,14,16H,1-3H3. The molecular weight excluding hydrogens is 233 g/mol. The summed E-state index contributed by atoms with van der Waals surface area (Å²) in [6.07, 6.45) is 0. The molecule has 0 saturated carbocycles. The normalized spacial score (nSPS) is 12.7. The van der Waals surface area contributed by atoms with Crippen LogP contribution in [0.15, 0.2) is 30.3 Å². The molecule has 1 atom stereocenters. The molecule has 0 saturated heterocycles. The van der Waals surface area contributed by atoms with Crippen molar-refractivity contribution < 1.29 is 4.39 Å². The molecule has 0 radical (unpaired) electrons. The van der Waals surface area contributed by atoms with Crippen LogP contribution in [0.4, 0.5) is 4.39 Å².